The predicted octanol–water partition coefficient (Wildman–Crippen LogP) is -0.305. The average Bonchev–Trinajstić information content (AvgIpc) is 1.83. The van der Waals surface area contributed by atoms with Gasteiger partial charge in [0, 0.05) is 13.1 Å². The molecular weight excluding hydrogens is 132 g/mol. The highest BCUT2D eigenvalue weighted by Crippen LogP contribution is 2.10. The van der Waals surface area contributed by atoms with Crippen LogP contribution in [-0.2, 0) is 4.79 Å². The van der Waals surface area contributed by atoms with E-state index in [1.54, 1.807) is 13.8 Å². The van der Waals surface area contributed by atoms with Gasteiger partial charge < -0.3 is 15.6 Å². The number of carbonyl (C=O) groups excluding carboxylic acids is 1. The van der Waals surface area contributed by atoms with Crippen molar-refractivity contribution in [2.45, 2.75) is 19.4 Å². The van der Waals surface area contributed by atoms with Crippen molar-refractivity contribution in [3.63, 3.8) is 0 Å². The maximum atomic E-state index is 11.0. The lowest BCUT2D eigenvalue weighted by molar-refractivity contribution is -0.136. The number of nitrogens with one attached hydrogen (secondary N) is 1. The zero-order valence-electron chi connectivity index (χ0n) is 6.18. The van der Waals surface area contributed by atoms with Crippen LogP contribution in [0, 0.1) is 5.21 Å². The van der Waals surface area contributed by atoms with E-state index in [2.05, 4.69) is 5.32 Å². The Morgan fingerprint density at radius 2 is 2.30 bits per heavy atom. The maximum Gasteiger partial charge on any atom is 0.231 e. The molecule has 4 heteroatoms. The zero-order chi connectivity index (χ0) is 7.78. The van der Waals surface area contributed by atoms with Gasteiger partial charge in [-0.25, -0.2) is 0 Å². The third-order valence-electron chi connectivity index (χ3n) is 1.64. The Bertz CT molecular complexity index is 156. The van der Waals surface area contributed by atoms with Crippen LogP contribution in [0.15, 0.2) is 0 Å². The zero-order valence-corrected chi connectivity index (χ0v) is 6.18. The summed E-state index contributed by atoms with van der Waals surface area (Å²) in [7, 11) is 0. The quantitative estimate of drug-likeness (QED) is 0.506. The number of rotatable bonds is 0. The van der Waals surface area contributed by atoms with E-state index in [0.29, 0.717) is 11.6 Å². The van der Waals surface area contributed by atoms with Gasteiger partial charge in [-0.1, -0.05) is 0 Å². The highest BCUT2D eigenvalue weighted by atomic mass is 16.5. The van der Waals surface area contributed by atoms with Crippen LogP contribution in [0.2, 0.25) is 0 Å². The Morgan fingerprint density at radius 1 is 1.70 bits per heavy atom. The monoisotopic (exact) mass is 143 g/mol. The standard InChI is InChI=1S/C6H11N2O2/c1-6(2)5(9)8(10)4-3-7-6/h7H,3-4H2,1-2H3/q-1. The number of hydrogen-bond donors (Lipinski definition) is 1. The predicted molar refractivity (Wildman–Crippen MR) is 37.2 cm³/mol. The number of carbonyl (C=O) groups is 1. The molecular formula is C6H11N2O2-. The summed E-state index contributed by atoms with van der Waals surface area (Å²) in [5.74, 6) is -0.376. The molecule has 0 spiro atoms. The smallest absolute Gasteiger partial charge is 0.231 e. The second-order valence-electron chi connectivity index (χ2n) is 2.96. The van der Waals surface area contributed by atoms with Crippen LogP contribution in [0.5, 0.6) is 0 Å². The first kappa shape index (κ1) is 7.50. The molecule has 1 rings (SSSR count). The van der Waals surface area contributed by atoms with Crippen molar-refractivity contribution in [2.24, 2.45) is 0 Å². The summed E-state index contributed by atoms with van der Waals surface area (Å²) in [6.45, 7) is 4.27. The molecule has 10 heavy (non-hydrogen) atoms. The van der Waals surface area contributed by atoms with E-state index in [1.165, 1.54) is 0 Å². The van der Waals surface area contributed by atoms with E-state index in [9.17, 15) is 10.0 Å². The molecule has 0 aromatic rings. The first-order chi connectivity index (χ1) is 4.54. The molecule has 1 N–H and O–H groups in total. The molecule has 1 fully saturated rings. The minimum atomic E-state index is -0.667. The van der Waals surface area contributed by atoms with Gasteiger partial charge in [0.2, 0.25) is 5.91 Å². The third kappa shape index (κ3) is 1.12. The number of hydroxylamine groups is 2. The minimum Gasteiger partial charge on any atom is -0.756 e. The Labute approximate surface area is 59.8 Å². The second kappa shape index (κ2) is 2.21. The van der Waals surface area contributed by atoms with Crippen molar-refractivity contribution in [2.75, 3.05) is 13.1 Å². The summed E-state index contributed by atoms with van der Waals surface area (Å²) in [6, 6.07) is 0. The molecule has 0 bridgehead atoms. The second-order valence-corrected chi connectivity index (χ2v) is 2.96. The molecule has 0 aliphatic carbocycles. The molecule has 1 aliphatic heterocycles. The van der Waals surface area contributed by atoms with Crippen molar-refractivity contribution < 1.29 is 4.79 Å². The van der Waals surface area contributed by atoms with Gasteiger partial charge in [0.1, 0.15) is 0 Å². The highest BCUT2D eigenvalue weighted by Gasteiger charge is 2.30. The molecule has 1 aliphatic rings. The summed E-state index contributed by atoms with van der Waals surface area (Å²) >= 11 is 0. The lowest BCUT2D eigenvalue weighted by atomic mass is 10.0. The van der Waals surface area contributed by atoms with Gasteiger partial charge in [0.25, 0.3) is 0 Å². The van der Waals surface area contributed by atoms with Crippen LogP contribution in [0.3, 0.4) is 0 Å². The van der Waals surface area contributed by atoms with Gasteiger partial charge in [-0.05, 0) is 13.8 Å². The van der Waals surface area contributed by atoms with E-state index >= 15 is 0 Å². The number of piperazine rings is 1. The Balaban J connectivity index is 2.70. The SMILES string of the molecule is CC1(C)NCCN([O-])C1=O. The number of hydrogen-bond acceptors (Lipinski definition) is 3. The van der Waals surface area contributed by atoms with E-state index in [0.717, 1.165) is 0 Å². The summed E-state index contributed by atoms with van der Waals surface area (Å²) in [4.78, 5) is 11.0. The fraction of sp³-hybridized carbons (Fsp3) is 0.833. The molecule has 0 aromatic heterocycles. The van der Waals surface area contributed by atoms with Crippen LogP contribution >= 0.6 is 0 Å². The molecule has 0 aromatic carbocycles. The normalized spacial score (nSPS) is 25.1. The van der Waals surface area contributed by atoms with Crippen molar-refractivity contribution in [1.29, 1.82) is 0 Å². The molecule has 4 nitrogen and oxygen atoms in total. The van der Waals surface area contributed by atoms with Crippen LogP contribution in [0.25, 0.3) is 0 Å². The fourth-order valence-electron chi connectivity index (χ4n) is 0.959. The Hall–Kier alpha value is -0.610. The largest absolute Gasteiger partial charge is 0.756 e. The van der Waals surface area contributed by atoms with Crippen molar-refractivity contribution in [3.8, 4) is 0 Å². The molecule has 0 atom stereocenters. The molecule has 58 valence electrons. The molecule has 0 unspecified atom stereocenters. The van der Waals surface area contributed by atoms with Crippen molar-refractivity contribution in [3.05, 3.63) is 5.21 Å². The minimum absolute atomic E-state index is 0.266. The lowest BCUT2D eigenvalue weighted by Crippen LogP contribution is -2.59. The van der Waals surface area contributed by atoms with E-state index in [1.807, 2.05) is 0 Å². The van der Waals surface area contributed by atoms with Crippen molar-refractivity contribution in [1.82, 2.24) is 10.4 Å². The van der Waals surface area contributed by atoms with Gasteiger partial charge in [0.05, 0.1) is 5.54 Å². The third-order valence-corrected chi connectivity index (χ3v) is 1.64. The number of nitrogens with zero attached hydrogens (tertiary/aromatic N) is 1. The first-order valence-electron chi connectivity index (χ1n) is 3.28. The van der Waals surface area contributed by atoms with Gasteiger partial charge in [0.15, 0.2) is 0 Å². The van der Waals surface area contributed by atoms with E-state index in [4.69, 9.17) is 0 Å². The lowest BCUT2D eigenvalue weighted by Gasteiger charge is -2.41. The van der Waals surface area contributed by atoms with Crippen LogP contribution in [0.4, 0.5) is 0 Å². The fourth-order valence-corrected chi connectivity index (χ4v) is 0.959. The Kier molecular flexibility index (Phi) is 1.66. The summed E-state index contributed by atoms with van der Waals surface area (Å²) in [5.41, 5.74) is -0.667. The molecule has 0 saturated carbocycles. The molecule has 1 heterocycles. The topological polar surface area (TPSA) is 55.4 Å². The summed E-state index contributed by atoms with van der Waals surface area (Å²) < 4.78 is 0. The molecule has 0 radical (unpaired) electrons. The molecule has 1 saturated heterocycles. The van der Waals surface area contributed by atoms with Crippen LogP contribution in [-0.4, -0.2) is 29.6 Å². The van der Waals surface area contributed by atoms with Crippen molar-refractivity contribution >= 4 is 5.91 Å². The average molecular weight is 143 g/mol. The molecule has 1 amide bonds. The summed E-state index contributed by atoms with van der Waals surface area (Å²) in [5, 5.41) is 14.2. The Morgan fingerprint density at radius 3 is 2.70 bits per heavy atom. The van der Waals surface area contributed by atoms with Gasteiger partial charge in [-0.2, -0.15) is 0 Å². The maximum absolute atomic E-state index is 11.0. The van der Waals surface area contributed by atoms with Gasteiger partial charge in [-0.3, -0.25) is 4.79 Å². The summed E-state index contributed by atoms with van der Waals surface area (Å²) in [6.07, 6.45) is 0. The van der Waals surface area contributed by atoms with Gasteiger partial charge >= 0.3 is 0 Å². The van der Waals surface area contributed by atoms with Crippen LogP contribution in [0.1, 0.15) is 13.8 Å². The first-order valence-corrected chi connectivity index (χ1v) is 3.28. The van der Waals surface area contributed by atoms with Gasteiger partial charge in [-0.15, -0.1) is 0 Å². The highest BCUT2D eigenvalue weighted by molar-refractivity contribution is 5.86. The van der Waals surface area contributed by atoms with E-state index < -0.39 is 5.54 Å². The van der Waals surface area contributed by atoms with Crippen LogP contribution < -0.4 is 5.32 Å². The number of amides is 1. The van der Waals surface area contributed by atoms with E-state index in [-0.39, 0.29) is 12.5 Å².